The molecule has 0 aliphatic carbocycles. The van der Waals surface area contributed by atoms with E-state index in [9.17, 15) is 14.4 Å². The molecule has 0 unspecified atom stereocenters. The van der Waals surface area contributed by atoms with Gasteiger partial charge in [-0.2, -0.15) is 0 Å². The predicted molar refractivity (Wildman–Crippen MR) is 114 cm³/mol. The van der Waals surface area contributed by atoms with Gasteiger partial charge in [0.25, 0.3) is 5.91 Å². The van der Waals surface area contributed by atoms with Crippen LogP contribution in [0.2, 0.25) is 0 Å². The van der Waals surface area contributed by atoms with Gasteiger partial charge in [0.15, 0.2) is 5.78 Å². The Morgan fingerprint density at radius 3 is 2.07 bits per heavy atom. The van der Waals surface area contributed by atoms with E-state index in [2.05, 4.69) is 22.5 Å². The molecule has 156 valence electrons. The highest BCUT2D eigenvalue weighted by molar-refractivity contribution is 5.98. The van der Waals surface area contributed by atoms with E-state index in [0.717, 1.165) is 16.7 Å². The smallest absolute Gasteiger partial charge is 0.251 e. The number of likely N-dealkylation sites (N-methyl/N-ethyl adjacent to an activating group) is 1. The second-order valence-corrected chi connectivity index (χ2v) is 6.54. The minimum absolute atomic E-state index is 0.0148. The van der Waals surface area contributed by atoms with Crippen molar-refractivity contribution >= 4 is 17.6 Å². The average Bonchev–Trinajstić information content (AvgIpc) is 2.76. The van der Waals surface area contributed by atoms with Gasteiger partial charge in [-0.15, -0.1) is 0 Å². The highest BCUT2D eigenvalue weighted by atomic mass is 16.3. The third-order valence-electron chi connectivity index (χ3n) is 4.28. The first kappa shape index (κ1) is 22.8. The van der Waals surface area contributed by atoms with Crippen LogP contribution in [0.15, 0.2) is 48.5 Å². The highest BCUT2D eigenvalue weighted by Gasteiger charge is 2.18. The maximum atomic E-state index is 12.2. The number of hydrogen-bond donors (Lipinski definition) is 4. The van der Waals surface area contributed by atoms with Crippen molar-refractivity contribution < 1.29 is 19.5 Å². The van der Waals surface area contributed by atoms with Crippen molar-refractivity contribution in [2.45, 2.75) is 19.4 Å². The summed E-state index contributed by atoms with van der Waals surface area (Å²) in [5, 5.41) is 14.2. The summed E-state index contributed by atoms with van der Waals surface area (Å²) in [5.41, 5.74) is 8.26. The van der Waals surface area contributed by atoms with E-state index in [0.29, 0.717) is 18.5 Å². The number of carbonyl (C=O) groups is 3. The Morgan fingerprint density at radius 2 is 1.57 bits per heavy atom. The number of Topliss-reactive ketones (excluding diaryl/α,β-unsaturated/α-hetero) is 1. The number of carbonyl (C=O) groups excluding carboxylic acids is 3. The van der Waals surface area contributed by atoms with Gasteiger partial charge in [-0.25, -0.2) is 0 Å². The topological polar surface area (TPSA) is 122 Å². The summed E-state index contributed by atoms with van der Waals surface area (Å²) >= 11 is 0. The van der Waals surface area contributed by atoms with Crippen LogP contribution in [0.3, 0.4) is 0 Å². The number of benzene rings is 2. The molecule has 7 heteroatoms. The third kappa shape index (κ3) is 6.85. The van der Waals surface area contributed by atoms with Crippen molar-refractivity contribution in [3.63, 3.8) is 0 Å². The van der Waals surface area contributed by atoms with Crippen LogP contribution >= 0.6 is 0 Å². The molecule has 0 spiro atoms. The number of nitrogens with one attached hydrogen (secondary N) is 2. The van der Waals surface area contributed by atoms with Gasteiger partial charge in [-0.1, -0.05) is 24.0 Å². The molecule has 0 aromatic heterocycles. The fraction of sp³-hybridized carbons (Fsp3) is 0.261. The Bertz CT molecular complexity index is 941. The zero-order valence-corrected chi connectivity index (χ0v) is 16.8. The maximum Gasteiger partial charge on any atom is 0.251 e. The highest BCUT2D eigenvalue weighted by Crippen LogP contribution is 2.07. The number of hydrogen-bond acceptors (Lipinski definition) is 5. The number of rotatable bonds is 8. The predicted octanol–water partition coefficient (Wildman–Crippen LogP) is 0.384. The first-order chi connectivity index (χ1) is 14.5. The van der Waals surface area contributed by atoms with E-state index in [1.165, 1.54) is 0 Å². The monoisotopic (exact) mass is 407 g/mol. The van der Waals surface area contributed by atoms with Crippen LogP contribution < -0.4 is 16.4 Å². The Hall–Kier alpha value is -3.47. The molecule has 2 aromatic rings. The lowest BCUT2D eigenvalue weighted by atomic mass is 10.1. The van der Waals surface area contributed by atoms with Gasteiger partial charge in [0.05, 0.1) is 6.42 Å². The molecule has 2 aromatic carbocycles. The Kier molecular flexibility index (Phi) is 8.75. The lowest BCUT2D eigenvalue weighted by molar-refractivity contribution is -0.123. The number of aliphatic hydroxyl groups excluding tert-OH is 1. The zero-order valence-electron chi connectivity index (χ0n) is 16.8. The summed E-state index contributed by atoms with van der Waals surface area (Å²) in [6, 6.07) is 13.1. The van der Waals surface area contributed by atoms with Crippen LogP contribution in [0.4, 0.5) is 0 Å². The molecule has 30 heavy (non-hydrogen) atoms. The van der Waals surface area contributed by atoms with Gasteiger partial charge in [0.1, 0.15) is 12.6 Å². The van der Waals surface area contributed by atoms with Crippen molar-refractivity contribution in [2.24, 2.45) is 5.73 Å². The molecule has 1 atom stereocenters. The SMILES string of the molecule is CCNC(=O)Cc1ccc(C#Cc2ccc(C(=O)N[C@@H](CN)C(=O)CO)cc2)cc1. The normalized spacial score (nSPS) is 11.0. The van der Waals surface area contributed by atoms with E-state index >= 15 is 0 Å². The van der Waals surface area contributed by atoms with Crippen molar-refractivity contribution in [1.29, 1.82) is 0 Å². The molecular formula is C23H25N3O4. The van der Waals surface area contributed by atoms with Crippen LogP contribution in [0.5, 0.6) is 0 Å². The van der Waals surface area contributed by atoms with Crippen LogP contribution in [0.1, 0.15) is 34.0 Å². The van der Waals surface area contributed by atoms with Gasteiger partial charge in [-0.05, 0) is 48.9 Å². The number of amides is 2. The Labute approximate surface area is 175 Å². The summed E-state index contributed by atoms with van der Waals surface area (Å²) < 4.78 is 0. The van der Waals surface area contributed by atoms with Gasteiger partial charge in [-0.3, -0.25) is 14.4 Å². The Balaban J connectivity index is 1.99. The summed E-state index contributed by atoms with van der Waals surface area (Å²) in [6.07, 6.45) is 0.333. The maximum absolute atomic E-state index is 12.2. The third-order valence-corrected chi connectivity index (χ3v) is 4.28. The first-order valence-electron chi connectivity index (χ1n) is 9.59. The van der Waals surface area contributed by atoms with Crippen LogP contribution in [0.25, 0.3) is 0 Å². The van der Waals surface area contributed by atoms with Gasteiger partial charge < -0.3 is 21.5 Å². The molecule has 2 amide bonds. The molecule has 0 saturated carbocycles. The van der Waals surface area contributed by atoms with Crippen LogP contribution in [-0.4, -0.2) is 48.4 Å². The molecule has 0 bridgehead atoms. The molecule has 5 N–H and O–H groups in total. The summed E-state index contributed by atoms with van der Waals surface area (Å²) in [5.74, 6) is 5.06. The van der Waals surface area contributed by atoms with Crippen LogP contribution in [0, 0.1) is 11.8 Å². The van der Waals surface area contributed by atoms with Crippen molar-refractivity contribution in [3.8, 4) is 11.8 Å². The van der Waals surface area contributed by atoms with E-state index in [-0.39, 0.29) is 12.5 Å². The van der Waals surface area contributed by atoms with Gasteiger partial charge in [0, 0.05) is 29.8 Å². The lowest BCUT2D eigenvalue weighted by Gasteiger charge is -2.14. The Morgan fingerprint density at radius 1 is 1.00 bits per heavy atom. The summed E-state index contributed by atoms with van der Waals surface area (Å²) in [6.45, 7) is 1.72. The molecule has 0 saturated heterocycles. The largest absolute Gasteiger partial charge is 0.388 e. The molecular weight excluding hydrogens is 382 g/mol. The molecule has 7 nitrogen and oxygen atoms in total. The first-order valence-corrected chi connectivity index (χ1v) is 9.59. The van der Waals surface area contributed by atoms with Gasteiger partial charge in [0.2, 0.25) is 5.91 Å². The fourth-order valence-electron chi connectivity index (χ4n) is 2.62. The van der Waals surface area contributed by atoms with Gasteiger partial charge >= 0.3 is 0 Å². The molecule has 0 heterocycles. The second kappa shape index (κ2) is 11.5. The summed E-state index contributed by atoms with van der Waals surface area (Å²) in [4.78, 5) is 35.3. The molecule has 0 fully saturated rings. The fourth-order valence-corrected chi connectivity index (χ4v) is 2.62. The van der Waals surface area contributed by atoms with E-state index < -0.39 is 24.3 Å². The minimum atomic E-state index is -0.919. The average molecular weight is 407 g/mol. The van der Waals surface area contributed by atoms with Crippen molar-refractivity contribution in [2.75, 3.05) is 19.7 Å². The standard InChI is InChI=1S/C23H25N3O4/c1-2-25-22(29)13-18-7-5-16(6-8-18)3-4-17-9-11-19(12-10-17)23(30)26-20(14-24)21(28)15-27/h5-12,20,27H,2,13-15,24H2,1H3,(H,25,29)(H,26,30)/t20-/m0/s1. The number of aliphatic hydroxyl groups is 1. The molecule has 0 radical (unpaired) electrons. The van der Waals surface area contributed by atoms with E-state index in [1.807, 2.05) is 31.2 Å². The van der Waals surface area contributed by atoms with Crippen LogP contribution in [-0.2, 0) is 16.0 Å². The lowest BCUT2D eigenvalue weighted by Crippen LogP contribution is -2.46. The molecule has 0 aliphatic heterocycles. The second-order valence-electron chi connectivity index (χ2n) is 6.54. The number of ketones is 1. The zero-order chi connectivity index (χ0) is 21.9. The van der Waals surface area contributed by atoms with E-state index in [1.54, 1.807) is 24.3 Å². The van der Waals surface area contributed by atoms with E-state index in [4.69, 9.17) is 10.8 Å². The minimum Gasteiger partial charge on any atom is -0.388 e. The molecule has 0 aliphatic rings. The number of nitrogens with two attached hydrogens (primary N) is 1. The quantitative estimate of drug-likeness (QED) is 0.472. The van der Waals surface area contributed by atoms with Crippen molar-refractivity contribution in [1.82, 2.24) is 10.6 Å². The molecule has 2 rings (SSSR count). The summed E-state index contributed by atoms with van der Waals surface area (Å²) in [7, 11) is 0. The van der Waals surface area contributed by atoms with Crippen molar-refractivity contribution in [3.05, 3.63) is 70.8 Å².